The fourth-order valence-corrected chi connectivity index (χ4v) is 2.00. The van der Waals surface area contributed by atoms with Crippen molar-refractivity contribution in [2.45, 2.75) is 19.8 Å². The lowest BCUT2D eigenvalue weighted by atomic mass is 10.0. The molecule has 4 nitrogen and oxygen atoms in total. The Morgan fingerprint density at radius 3 is 2.68 bits per heavy atom. The molecule has 0 aliphatic carbocycles. The number of hydrogen-bond donors (Lipinski definition) is 2. The first kappa shape index (κ1) is 15.6. The van der Waals surface area contributed by atoms with Gasteiger partial charge in [-0.25, -0.2) is 4.39 Å². The lowest BCUT2D eigenvalue weighted by Gasteiger charge is -2.12. The first-order valence-corrected chi connectivity index (χ1v) is 6.71. The number of halogens is 2. The van der Waals surface area contributed by atoms with Crippen LogP contribution in [0.2, 0.25) is 0 Å². The van der Waals surface area contributed by atoms with Crippen molar-refractivity contribution in [2.24, 2.45) is 5.92 Å². The van der Waals surface area contributed by atoms with E-state index in [0.717, 1.165) is 6.42 Å². The van der Waals surface area contributed by atoms with Crippen molar-refractivity contribution in [2.75, 3.05) is 6.54 Å². The molecule has 1 amide bonds. The molecule has 19 heavy (non-hydrogen) atoms. The molecule has 0 aliphatic rings. The summed E-state index contributed by atoms with van der Waals surface area (Å²) in [5.74, 6) is -2.39. The van der Waals surface area contributed by atoms with E-state index >= 15 is 0 Å². The Morgan fingerprint density at radius 1 is 1.47 bits per heavy atom. The van der Waals surface area contributed by atoms with E-state index in [9.17, 15) is 14.0 Å². The van der Waals surface area contributed by atoms with Crippen LogP contribution in [0.25, 0.3) is 0 Å². The van der Waals surface area contributed by atoms with Gasteiger partial charge in [0.05, 0.1) is 10.4 Å². The third-order valence-electron chi connectivity index (χ3n) is 2.68. The van der Waals surface area contributed by atoms with Crippen molar-refractivity contribution >= 4 is 27.8 Å². The second kappa shape index (κ2) is 7.23. The molecule has 0 spiro atoms. The zero-order chi connectivity index (χ0) is 14.4. The molecule has 0 radical (unpaired) electrons. The Morgan fingerprint density at radius 2 is 2.16 bits per heavy atom. The molecule has 0 aliphatic heterocycles. The molecule has 1 rings (SSSR count). The van der Waals surface area contributed by atoms with Gasteiger partial charge in [-0.05, 0) is 40.5 Å². The maximum atomic E-state index is 13.0. The second-order valence-electron chi connectivity index (χ2n) is 4.16. The third-order valence-corrected chi connectivity index (χ3v) is 3.28. The van der Waals surface area contributed by atoms with Crippen LogP contribution in [0.1, 0.15) is 30.1 Å². The summed E-state index contributed by atoms with van der Waals surface area (Å²) in [4.78, 5) is 22.7. The molecule has 0 aromatic heterocycles. The molecule has 1 aromatic carbocycles. The van der Waals surface area contributed by atoms with Gasteiger partial charge in [0, 0.05) is 12.1 Å². The van der Waals surface area contributed by atoms with Crippen molar-refractivity contribution in [1.29, 1.82) is 0 Å². The standard InChI is InChI=1S/C13H15BrFNO3/c1-2-3-9(13(18)19)7-16-12(17)8-4-5-11(15)10(14)6-8/h4-6,9H,2-3,7H2,1H3,(H,16,17)(H,18,19). The quantitative estimate of drug-likeness (QED) is 0.842. The van der Waals surface area contributed by atoms with Crippen LogP contribution in [0.15, 0.2) is 22.7 Å². The van der Waals surface area contributed by atoms with Crippen molar-refractivity contribution in [3.63, 3.8) is 0 Å². The van der Waals surface area contributed by atoms with Gasteiger partial charge in [-0.15, -0.1) is 0 Å². The van der Waals surface area contributed by atoms with E-state index < -0.39 is 23.6 Å². The number of carbonyl (C=O) groups is 2. The number of amides is 1. The lowest BCUT2D eigenvalue weighted by molar-refractivity contribution is -0.141. The number of benzene rings is 1. The Kier molecular flexibility index (Phi) is 5.95. The van der Waals surface area contributed by atoms with E-state index in [4.69, 9.17) is 5.11 Å². The summed E-state index contributed by atoms with van der Waals surface area (Å²) >= 11 is 2.99. The third kappa shape index (κ3) is 4.63. The van der Waals surface area contributed by atoms with E-state index in [1.807, 2.05) is 6.92 Å². The Hall–Kier alpha value is -1.43. The molecule has 0 heterocycles. The van der Waals surface area contributed by atoms with Crippen molar-refractivity contribution in [3.05, 3.63) is 34.1 Å². The first-order valence-electron chi connectivity index (χ1n) is 5.91. The highest BCUT2D eigenvalue weighted by Crippen LogP contribution is 2.16. The van der Waals surface area contributed by atoms with Gasteiger partial charge in [-0.1, -0.05) is 13.3 Å². The fraction of sp³-hybridized carbons (Fsp3) is 0.385. The molecule has 6 heteroatoms. The Bertz CT molecular complexity index is 479. The average Bonchev–Trinajstić information content (AvgIpc) is 2.37. The summed E-state index contributed by atoms with van der Waals surface area (Å²) in [6.07, 6.45) is 1.23. The van der Waals surface area contributed by atoms with Gasteiger partial charge >= 0.3 is 5.97 Å². The summed E-state index contributed by atoms with van der Waals surface area (Å²) in [5.41, 5.74) is 0.286. The van der Waals surface area contributed by atoms with E-state index in [-0.39, 0.29) is 16.6 Å². The van der Waals surface area contributed by atoms with Gasteiger partial charge in [0.15, 0.2) is 0 Å². The van der Waals surface area contributed by atoms with Crippen molar-refractivity contribution < 1.29 is 19.1 Å². The minimum Gasteiger partial charge on any atom is -0.481 e. The Balaban J connectivity index is 2.63. The monoisotopic (exact) mass is 331 g/mol. The number of nitrogens with one attached hydrogen (secondary N) is 1. The van der Waals surface area contributed by atoms with E-state index in [2.05, 4.69) is 21.2 Å². The molecule has 104 valence electrons. The molecule has 1 atom stereocenters. The van der Waals surface area contributed by atoms with Gasteiger partial charge in [0.2, 0.25) is 0 Å². The summed E-state index contributed by atoms with van der Waals surface area (Å²) in [6, 6.07) is 3.89. The molecule has 0 fully saturated rings. The number of carboxylic acid groups (broad SMARTS) is 1. The van der Waals surface area contributed by atoms with Gasteiger partial charge in [0.1, 0.15) is 5.82 Å². The second-order valence-corrected chi connectivity index (χ2v) is 5.02. The highest BCUT2D eigenvalue weighted by atomic mass is 79.9. The van der Waals surface area contributed by atoms with Gasteiger partial charge in [-0.3, -0.25) is 9.59 Å². The van der Waals surface area contributed by atoms with Gasteiger partial charge in [0.25, 0.3) is 5.91 Å². The predicted octanol–water partition coefficient (Wildman–Crippen LogP) is 2.82. The molecule has 0 saturated carbocycles. The highest BCUT2D eigenvalue weighted by molar-refractivity contribution is 9.10. The van der Waals surface area contributed by atoms with Crippen LogP contribution in [0.3, 0.4) is 0 Å². The molecule has 2 N–H and O–H groups in total. The predicted molar refractivity (Wildman–Crippen MR) is 72.5 cm³/mol. The van der Waals surface area contributed by atoms with Crippen LogP contribution in [-0.2, 0) is 4.79 Å². The van der Waals surface area contributed by atoms with E-state index in [1.165, 1.54) is 18.2 Å². The van der Waals surface area contributed by atoms with Crippen LogP contribution in [0.5, 0.6) is 0 Å². The normalized spacial score (nSPS) is 11.9. The van der Waals surface area contributed by atoms with Gasteiger partial charge < -0.3 is 10.4 Å². The largest absolute Gasteiger partial charge is 0.481 e. The summed E-state index contributed by atoms with van der Waals surface area (Å²) < 4.78 is 13.2. The number of carboxylic acids is 1. The van der Waals surface area contributed by atoms with Gasteiger partial charge in [-0.2, -0.15) is 0 Å². The van der Waals surface area contributed by atoms with Crippen LogP contribution in [0, 0.1) is 11.7 Å². The fourth-order valence-electron chi connectivity index (χ4n) is 1.62. The number of aliphatic carboxylic acids is 1. The van der Waals surface area contributed by atoms with Crippen LogP contribution >= 0.6 is 15.9 Å². The zero-order valence-corrected chi connectivity index (χ0v) is 12.0. The smallest absolute Gasteiger partial charge is 0.308 e. The molecule has 0 saturated heterocycles. The zero-order valence-electron chi connectivity index (χ0n) is 10.5. The van der Waals surface area contributed by atoms with Crippen LogP contribution in [-0.4, -0.2) is 23.5 Å². The first-order chi connectivity index (χ1) is 8.95. The average molecular weight is 332 g/mol. The Labute approximate surface area is 119 Å². The minimum atomic E-state index is -0.928. The van der Waals surface area contributed by atoms with E-state index in [0.29, 0.717) is 6.42 Å². The molecular formula is C13H15BrFNO3. The molecule has 1 unspecified atom stereocenters. The summed E-state index contributed by atoms with van der Waals surface area (Å²) in [5, 5.41) is 11.5. The van der Waals surface area contributed by atoms with Crippen molar-refractivity contribution in [3.8, 4) is 0 Å². The van der Waals surface area contributed by atoms with E-state index in [1.54, 1.807) is 0 Å². The molecule has 1 aromatic rings. The number of rotatable bonds is 6. The van der Waals surface area contributed by atoms with Crippen molar-refractivity contribution in [1.82, 2.24) is 5.32 Å². The number of carbonyl (C=O) groups excluding carboxylic acids is 1. The maximum absolute atomic E-state index is 13.0. The molecular weight excluding hydrogens is 317 g/mol. The minimum absolute atomic E-state index is 0.0665. The van der Waals surface area contributed by atoms with Crippen LogP contribution in [0.4, 0.5) is 4.39 Å². The topological polar surface area (TPSA) is 66.4 Å². The highest BCUT2D eigenvalue weighted by Gasteiger charge is 2.17. The number of hydrogen-bond acceptors (Lipinski definition) is 2. The molecule has 0 bridgehead atoms. The SMILES string of the molecule is CCCC(CNC(=O)c1ccc(F)c(Br)c1)C(=O)O. The lowest BCUT2D eigenvalue weighted by Crippen LogP contribution is -2.32. The summed E-state index contributed by atoms with van der Waals surface area (Å²) in [6.45, 7) is 1.95. The maximum Gasteiger partial charge on any atom is 0.308 e. The van der Waals surface area contributed by atoms with Crippen LogP contribution < -0.4 is 5.32 Å². The summed E-state index contributed by atoms with van der Waals surface area (Å²) in [7, 11) is 0.